The highest BCUT2D eigenvalue weighted by Crippen LogP contribution is 2.34. The van der Waals surface area contributed by atoms with Gasteiger partial charge in [0.15, 0.2) is 0 Å². The molecule has 1 aliphatic rings. The van der Waals surface area contributed by atoms with Crippen LogP contribution in [-0.4, -0.2) is 39.9 Å². The maximum atomic E-state index is 11.2. The maximum absolute atomic E-state index is 11.2. The van der Waals surface area contributed by atoms with Gasteiger partial charge in [0.2, 0.25) is 10.0 Å². The number of hydrogen-bond donors (Lipinski definition) is 2. The van der Waals surface area contributed by atoms with Gasteiger partial charge in [0.25, 0.3) is 0 Å². The maximum Gasteiger partial charge on any atom is 0.208 e. The molecule has 0 unspecified atom stereocenters. The third-order valence-electron chi connectivity index (χ3n) is 4.26. The monoisotopic (exact) mass is 349 g/mol. The first-order valence-corrected chi connectivity index (χ1v) is 10.0. The SMILES string of the molecule is COc1ccc2nc3c(c(NCCNS(C)(=O)=O)c2c1)CCCC3. The molecule has 0 bridgehead atoms. The summed E-state index contributed by atoms with van der Waals surface area (Å²) in [7, 11) is -1.52. The molecule has 7 heteroatoms. The van der Waals surface area contributed by atoms with Gasteiger partial charge in [-0.1, -0.05) is 0 Å². The second kappa shape index (κ2) is 6.94. The van der Waals surface area contributed by atoms with E-state index in [0.717, 1.165) is 53.7 Å². The molecule has 0 fully saturated rings. The Hall–Kier alpha value is -1.86. The summed E-state index contributed by atoms with van der Waals surface area (Å²) in [5.41, 5.74) is 4.40. The van der Waals surface area contributed by atoms with E-state index < -0.39 is 10.0 Å². The number of nitrogens with zero attached hydrogens (tertiary/aromatic N) is 1. The van der Waals surface area contributed by atoms with Crippen LogP contribution in [0.3, 0.4) is 0 Å². The van der Waals surface area contributed by atoms with E-state index in [-0.39, 0.29) is 0 Å². The van der Waals surface area contributed by atoms with Crippen molar-refractivity contribution in [2.24, 2.45) is 0 Å². The van der Waals surface area contributed by atoms with Crippen LogP contribution >= 0.6 is 0 Å². The second-order valence-corrected chi connectivity index (χ2v) is 7.93. The summed E-state index contributed by atoms with van der Waals surface area (Å²) in [5.74, 6) is 0.789. The van der Waals surface area contributed by atoms with Gasteiger partial charge in [0.1, 0.15) is 5.75 Å². The Morgan fingerprint density at radius 2 is 2.00 bits per heavy atom. The van der Waals surface area contributed by atoms with Crippen LogP contribution in [0.5, 0.6) is 5.75 Å². The van der Waals surface area contributed by atoms with E-state index in [2.05, 4.69) is 10.0 Å². The average Bonchev–Trinajstić information content (AvgIpc) is 2.56. The number of ether oxygens (including phenoxy) is 1. The number of rotatable bonds is 6. The molecule has 0 atom stereocenters. The Morgan fingerprint density at radius 1 is 1.21 bits per heavy atom. The van der Waals surface area contributed by atoms with Crippen molar-refractivity contribution in [2.45, 2.75) is 25.7 Å². The largest absolute Gasteiger partial charge is 0.497 e. The van der Waals surface area contributed by atoms with Crippen LogP contribution in [0.25, 0.3) is 10.9 Å². The molecule has 0 saturated heterocycles. The molecule has 1 aromatic carbocycles. The fourth-order valence-electron chi connectivity index (χ4n) is 3.16. The summed E-state index contributed by atoms with van der Waals surface area (Å²) >= 11 is 0. The van der Waals surface area contributed by atoms with Crippen molar-refractivity contribution in [2.75, 3.05) is 31.8 Å². The van der Waals surface area contributed by atoms with Gasteiger partial charge in [-0.05, 0) is 49.4 Å². The third-order valence-corrected chi connectivity index (χ3v) is 4.99. The van der Waals surface area contributed by atoms with Crippen molar-refractivity contribution < 1.29 is 13.2 Å². The molecule has 1 aliphatic carbocycles. The molecule has 2 aromatic rings. The first kappa shape index (κ1) is 17.0. The molecule has 6 nitrogen and oxygen atoms in total. The standard InChI is InChI=1S/C17H23N3O3S/c1-23-12-7-8-16-14(11-12)17(18-9-10-19-24(2,21)22)13-5-3-4-6-15(13)20-16/h7-8,11,19H,3-6,9-10H2,1-2H3,(H,18,20). The van der Waals surface area contributed by atoms with Crippen LogP contribution in [0.1, 0.15) is 24.1 Å². The van der Waals surface area contributed by atoms with Gasteiger partial charge in [-0.25, -0.2) is 13.1 Å². The number of benzene rings is 1. The lowest BCUT2D eigenvalue weighted by Crippen LogP contribution is -2.28. The Labute approximate surface area is 142 Å². The van der Waals surface area contributed by atoms with Crippen molar-refractivity contribution in [3.8, 4) is 5.75 Å². The Bertz CT molecular complexity index is 850. The van der Waals surface area contributed by atoms with Gasteiger partial charge >= 0.3 is 0 Å². The number of fused-ring (bicyclic) bond motifs is 2. The average molecular weight is 349 g/mol. The Morgan fingerprint density at radius 3 is 2.75 bits per heavy atom. The second-order valence-electron chi connectivity index (χ2n) is 6.10. The molecule has 0 radical (unpaired) electrons. The normalized spacial score (nSPS) is 14.4. The number of hydrogen-bond acceptors (Lipinski definition) is 5. The lowest BCUT2D eigenvalue weighted by Gasteiger charge is -2.22. The van der Waals surface area contributed by atoms with Crippen LogP contribution < -0.4 is 14.8 Å². The fourth-order valence-corrected chi connectivity index (χ4v) is 3.63. The summed E-state index contributed by atoms with van der Waals surface area (Å²) in [6.07, 6.45) is 5.48. The van der Waals surface area contributed by atoms with Crippen molar-refractivity contribution in [1.82, 2.24) is 9.71 Å². The van der Waals surface area contributed by atoms with Crippen molar-refractivity contribution in [3.05, 3.63) is 29.5 Å². The number of methoxy groups -OCH3 is 1. The summed E-state index contributed by atoms with van der Waals surface area (Å²) in [6.45, 7) is 0.872. The van der Waals surface area contributed by atoms with Crippen molar-refractivity contribution in [1.29, 1.82) is 0 Å². The number of aromatic nitrogens is 1. The number of aryl methyl sites for hydroxylation is 1. The van der Waals surface area contributed by atoms with Crippen LogP contribution in [0.2, 0.25) is 0 Å². The summed E-state index contributed by atoms with van der Waals surface area (Å²) < 4.78 is 30.3. The minimum Gasteiger partial charge on any atom is -0.497 e. The van der Waals surface area contributed by atoms with E-state index in [1.54, 1.807) is 7.11 Å². The minimum atomic E-state index is -3.17. The smallest absolute Gasteiger partial charge is 0.208 e. The molecule has 0 spiro atoms. The molecule has 24 heavy (non-hydrogen) atoms. The predicted octanol–water partition coefficient (Wildman–Crippen LogP) is 2.08. The van der Waals surface area contributed by atoms with E-state index in [4.69, 9.17) is 9.72 Å². The zero-order valence-corrected chi connectivity index (χ0v) is 14.9. The van der Waals surface area contributed by atoms with Crippen molar-refractivity contribution >= 4 is 26.6 Å². The number of sulfonamides is 1. The van der Waals surface area contributed by atoms with Crippen LogP contribution in [0.4, 0.5) is 5.69 Å². The van der Waals surface area contributed by atoms with E-state index in [9.17, 15) is 8.42 Å². The zero-order valence-electron chi connectivity index (χ0n) is 14.1. The molecule has 1 aromatic heterocycles. The molecular weight excluding hydrogens is 326 g/mol. The topological polar surface area (TPSA) is 80.3 Å². The van der Waals surface area contributed by atoms with Gasteiger partial charge in [-0.3, -0.25) is 4.98 Å². The predicted molar refractivity (Wildman–Crippen MR) is 96.3 cm³/mol. The molecule has 130 valence electrons. The molecule has 2 N–H and O–H groups in total. The summed E-state index contributed by atoms with van der Waals surface area (Å²) in [5, 5.41) is 4.44. The highest BCUT2D eigenvalue weighted by atomic mass is 32.2. The number of anilines is 1. The van der Waals surface area contributed by atoms with E-state index in [1.807, 2.05) is 18.2 Å². The van der Waals surface area contributed by atoms with Gasteiger partial charge < -0.3 is 10.1 Å². The van der Waals surface area contributed by atoms with E-state index in [1.165, 1.54) is 11.8 Å². The van der Waals surface area contributed by atoms with Crippen molar-refractivity contribution in [3.63, 3.8) is 0 Å². The van der Waals surface area contributed by atoms with E-state index in [0.29, 0.717) is 13.1 Å². The molecule has 1 heterocycles. The quantitative estimate of drug-likeness (QED) is 0.781. The van der Waals surface area contributed by atoms with E-state index >= 15 is 0 Å². The molecular formula is C17H23N3O3S. The summed E-state index contributed by atoms with van der Waals surface area (Å²) in [6, 6.07) is 5.88. The van der Waals surface area contributed by atoms with Crippen LogP contribution in [-0.2, 0) is 22.9 Å². The third kappa shape index (κ3) is 3.79. The number of pyridine rings is 1. The Kier molecular flexibility index (Phi) is 4.91. The molecule has 3 rings (SSSR count). The lowest BCUT2D eigenvalue weighted by molar-refractivity contribution is 0.415. The van der Waals surface area contributed by atoms with Gasteiger partial charge in [-0.2, -0.15) is 0 Å². The fraction of sp³-hybridized carbons (Fsp3) is 0.471. The molecule has 0 saturated carbocycles. The summed E-state index contributed by atoms with van der Waals surface area (Å²) in [4.78, 5) is 4.81. The first-order valence-electron chi connectivity index (χ1n) is 8.16. The highest BCUT2D eigenvalue weighted by Gasteiger charge is 2.18. The van der Waals surface area contributed by atoms with Gasteiger partial charge in [0, 0.05) is 29.9 Å². The van der Waals surface area contributed by atoms with Crippen LogP contribution in [0, 0.1) is 0 Å². The zero-order chi connectivity index (χ0) is 17.2. The highest BCUT2D eigenvalue weighted by molar-refractivity contribution is 7.88. The molecule has 0 aliphatic heterocycles. The van der Waals surface area contributed by atoms with Gasteiger partial charge in [0.05, 0.1) is 18.9 Å². The Balaban J connectivity index is 1.95. The minimum absolute atomic E-state index is 0.349. The van der Waals surface area contributed by atoms with Gasteiger partial charge in [-0.15, -0.1) is 0 Å². The number of nitrogens with one attached hydrogen (secondary N) is 2. The molecule has 0 amide bonds. The first-order chi connectivity index (χ1) is 11.5. The lowest BCUT2D eigenvalue weighted by atomic mass is 9.92. The van der Waals surface area contributed by atoms with Crippen LogP contribution in [0.15, 0.2) is 18.2 Å².